The van der Waals surface area contributed by atoms with Crippen LogP contribution in [0.25, 0.3) is 0 Å². The molecule has 0 bridgehead atoms. The average molecular weight is 1010 g/mol. The van der Waals surface area contributed by atoms with E-state index in [1.807, 2.05) is 0 Å². The van der Waals surface area contributed by atoms with Crippen LogP contribution in [0, 0.1) is 72.9 Å². The van der Waals surface area contributed by atoms with Gasteiger partial charge in [0.05, 0.1) is 6.42 Å². The Hall–Kier alpha value is -0.780. The number of carboxylic acid groups (broad SMARTS) is 1. The van der Waals surface area contributed by atoms with Crippen LogP contribution < -0.4 is 5.11 Å². The minimum atomic E-state index is -0.832. The van der Waals surface area contributed by atoms with Crippen LogP contribution in [0.3, 0.4) is 0 Å². The van der Waals surface area contributed by atoms with Crippen molar-refractivity contribution in [1.29, 1.82) is 0 Å². The Bertz CT molecular complexity index is 1510. The molecular formula is C67H128N2O3. The van der Waals surface area contributed by atoms with Gasteiger partial charge >= 0.3 is 0 Å². The van der Waals surface area contributed by atoms with Gasteiger partial charge in [-0.15, -0.1) is 0 Å². The van der Waals surface area contributed by atoms with E-state index >= 15 is 0 Å². The van der Waals surface area contributed by atoms with E-state index in [9.17, 15) is 9.90 Å². The lowest BCUT2D eigenvalue weighted by Gasteiger charge is -2.50. The Balaban J connectivity index is 1.79. The maximum atomic E-state index is 13.6. The second kappa shape index (κ2) is 27.2. The Kier molecular flexibility index (Phi) is 24.7. The molecule has 2 aliphatic carbocycles. The first-order valence-electron chi connectivity index (χ1n) is 31.2. The zero-order chi connectivity index (χ0) is 54.7. The quantitative estimate of drug-likeness (QED) is 0.0601. The molecule has 72 heavy (non-hydrogen) atoms. The van der Waals surface area contributed by atoms with Crippen LogP contribution in [0.15, 0.2) is 0 Å². The maximum absolute atomic E-state index is 13.6. The second-order valence-corrected chi connectivity index (χ2v) is 32.4. The number of fused-ring (bicyclic) bond motifs is 2. The highest BCUT2D eigenvalue weighted by Crippen LogP contribution is 2.56. The van der Waals surface area contributed by atoms with Gasteiger partial charge in [0.2, 0.25) is 0 Å². The van der Waals surface area contributed by atoms with Crippen molar-refractivity contribution in [1.82, 2.24) is 9.80 Å². The predicted octanol–water partition coefficient (Wildman–Crippen LogP) is 18.2. The standard InChI is InChI=1S/C67H128N2O3/c1-23-27-35-68(36-28-24-2)52-31-33-54-56(55-34-32-53(41-58(55)72-57(54)40-52)69(37-29-25-3)38-30-26-4)39-51(59(70)71)42-60(7,8)43-61(9,10)44-62(11,12)45-63(13,14)46-64(15,16)47-65(17,18)48-66(19,20)49-67(21,22)50(5)6/h50-55,57-58H,23-49H2,1-22H3. The molecule has 7 atom stereocenters. The number of hydrogen-bond acceptors (Lipinski definition) is 5. The fourth-order valence-corrected chi connectivity index (χ4v) is 18.1. The van der Waals surface area contributed by atoms with Gasteiger partial charge in [0.25, 0.3) is 0 Å². The summed E-state index contributed by atoms with van der Waals surface area (Å²) in [7, 11) is 0. The summed E-state index contributed by atoms with van der Waals surface area (Å²) in [5, 5.41) is 13.6. The zero-order valence-electron chi connectivity index (χ0n) is 52.8. The number of ether oxygens (including phenoxy) is 1. The van der Waals surface area contributed by atoms with Crippen LogP contribution >= 0.6 is 0 Å². The third-order valence-electron chi connectivity index (χ3n) is 18.9. The minimum Gasteiger partial charge on any atom is -0.550 e. The van der Waals surface area contributed by atoms with Crippen LogP contribution in [0.2, 0.25) is 0 Å². The highest BCUT2D eigenvalue weighted by molar-refractivity contribution is 5.68. The summed E-state index contributed by atoms with van der Waals surface area (Å²) in [4.78, 5) is 19.2. The molecule has 1 aliphatic heterocycles. The van der Waals surface area contributed by atoms with Gasteiger partial charge in [-0.05, 0) is 191 Å². The summed E-state index contributed by atoms with van der Waals surface area (Å²) >= 11 is 0. The molecule has 1 saturated heterocycles. The number of aliphatic carboxylic acids is 1. The molecule has 0 aromatic carbocycles. The highest BCUT2D eigenvalue weighted by Gasteiger charge is 2.58. The predicted molar refractivity (Wildman–Crippen MR) is 312 cm³/mol. The SMILES string of the molecule is CCCCN(CCCC)C1CCC2[C+](CC(CC(C)(C)CC(C)(C)CC(C)(C)CC(C)(C)CC(C)(C)CC(C)(C)CC(C)(C)CC(C)(C)C(C)C)C(=O)[O-])C3CCC(N(CCCC)CCCC)CC3OC2C1. The van der Waals surface area contributed by atoms with Crippen LogP contribution in [0.1, 0.15) is 300 Å². The van der Waals surface area contributed by atoms with E-state index in [1.54, 1.807) is 5.92 Å². The molecule has 0 amide bonds. The van der Waals surface area contributed by atoms with Crippen molar-refractivity contribution in [3.63, 3.8) is 0 Å². The van der Waals surface area contributed by atoms with Gasteiger partial charge in [-0.2, -0.15) is 0 Å². The minimum absolute atomic E-state index is 0.0635. The van der Waals surface area contributed by atoms with Crippen molar-refractivity contribution in [2.75, 3.05) is 26.2 Å². The van der Waals surface area contributed by atoms with E-state index in [4.69, 9.17) is 4.74 Å². The fraction of sp³-hybridized carbons (Fsp3) is 0.970. The van der Waals surface area contributed by atoms with E-state index in [1.165, 1.54) is 122 Å². The van der Waals surface area contributed by atoms with Crippen molar-refractivity contribution in [3.8, 4) is 0 Å². The number of carbonyl (C=O) groups is 1. The lowest BCUT2D eigenvalue weighted by atomic mass is 9.58. The number of carbonyl (C=O) groups excluding carboxylic acids is 1. The first-order chi connectivity index (χ1) is 33.0. The maximum Gasteiger partial charge on any atom is 0.127 e. The van der Waals surface area contributed by atoms with E-state index in [0.717, 1.165) is 38.5 Å². The molecule has 3 fully saturated rings. The molecule has 0 spiro atoms. The van der Waals surface area contributed by atoms with Crippen LogP contribution in [0.4, 0.5) is 0 Å². The summed E-state index contributed by atoms with van der Waals surface area (Å²) in [5.74, 6) is 1.67. The number of hydrogen-bond donors (Lipinski definition) is 0. The molecule has 0 radical (unpaired) electrons. The average Bonchev–Trinajstić information content (AvgIpc) is 3.19. The first kappa shape index (κ1) is 65.5. The van der Waals surface area contributed by atoms with Crippen molar-refractivity contribution < 1.29 is 14.6 Å². The highest BCUT2D eigenvalue weighted by atomic mass is 16.5. The molecule has 0 aromatic rings. The van der Waals surface area contributed by atoms with Crippen molar-refractivity contribution in [3.05, 3.63) is 5.92 Å². The summed E-state index contributed by atoms with van der Waals surface area (Å²) in [5.41, 5.74) is 1.42. The lowest BCUT2D eigenvalue weighted by Crippen LogP contribution is -2.56. The zero-order valence-corrected chi connectivity index (χ0v) is 52.8. The smallest absolute Gasteiger partial charge is 0.127 e. The van der Waals surface area contributed by atoms with Gasteiger partial charge in [-0.1, -0.05) is 178 Å². The van der Waals surface area contributed by atoms with E-state index in [-0.39, 0.29) is 44.7 Å². The third-order valence-corrected chi connectivity index (χ3v) is 18.9. The largest absolute Gasteiger partial charge is 0.550 e. The summed E-state index contributed by atoms with van der Waals surface area (Å²) in [6, 6.07) is 1.13. The van der Waals surface area contributed by atoms with Gasteiger partial charge in [-0.25, -0.2) is 0 Å². The molecular weight excluding hydrogens is 881 g/mol. The molecule has 0 aromatic heterocycles. The molecule has 3 rings (SSSR count). The van der Waals surface area contributed by atoms with Gasteiger partial charge in [-0.3, -0.25) is 0 Å². The second-order valence-electron chi connectivity index (χ2n) is 32.4. The lowest BCUT2D eigenvalue weighted by molar-refractivity contribution is -0.313. The number of unbranched alkanes of at least 4 members (excludes halogenated alkanes) is 4. The number of carboxylic acids is 1. The summed E-state index contributed by atoms with van der Waals surface area (Å²) in [6.07, 6.45) is 26.8. The Morgan fingerprint density at radius 1 is 0.500 bits per heavy atom. The van der Waals surface area contributed by atoms with Crippen molar-refractivity contribution >= 4 is 5.97 Å². The van der Waals surface area contributed by atoms with Crippen LogP contribution in [0.5, 0.6) is 0 Å². The van der Waals surface area contributed by atoms with Gasteiger partial charge in [0, 0.05) is 24.0 Å². The molecule has 7 unspecified atom stereocenters. The fourth-order valence-electron chi connectivity index (χ4n) is 18.1. The molecule has 1 heterocycles. The monoisotopic (exact) mass is 1010 g/mol. The molecule has 3 aliphatic rings. The van der Waals surface area contributed by atoms with Gasteiger partial charge in [0.15, 0.2) is 0 Å². The summed E-state index contributed by atoms with van der Waals surface area (Å²) < 4.78 is 7.44. The number of nitrogens with zero attached hydrogens (tertiary/aromatic N) is 2. The van der Waals surface area contributed by atoms with Gasteiger partial charge in [0.1, 0.15) is 30.0 Å². The van der Waals surface area contributed by atoms with Gasteiger partial charge < -0.3 is 24.4 Å². The molecule has 5 heteroatoms. The molecule has 2 saturated carbocycles. The van der Waals surface area contributed by atoms with E-state index in [2.05, 4.69) is 162 Å². The Labute approximate surface area is 451 Å². The molecule has 424 valence electrons. The Morgan fingerprint density at radius 2 is 0.806 bits per heavy atom. The first-order valence-corrected chi connectivity index (χ1v) is 31.2. The van der Waals surface area contributed by atoms with Crippen molar-refractivity contribution in [2.24, 2.45) is 67.0 Å². The topological polar surface area (TPSA) is 55.8 Å². The normalized spacial score (nSPS) is 23.8. The third kappa shape index (κ3) is 21.6. The number of rotatable bonds is 34. The van der Waals surface area contributed by atoms with Crippen LogP contribution in [-0.2, 0) is 9.53 Å². The molecule has 0 N–H and O–H groups in total. The van der Waals surface area contributed by atoms with E-state index in [0.29, 0.717) is 53.5 Å². The summed E-state index contributed by atoms with van der Waals surface area (Å²) in [6.45, 7) is 58.7. The van der Waals surface area contributed by atoms with E-state index < -0.39 is 11.9 Å². The van der Waals surface area contributed by atoms with Crippen LogP contribution in [-0.4, -0.2) is 66.2 Å². The molecule has 5 nitrogen and oxygen atoms in total. The Morgan fingerprint density at radius 3 is 1.10 bits per heavy atom. The van der Waals surface area contributed by atoms with Crippen molar-refractivity contribution in [2.45, 2.75) is 324 Å².